The zero-order valence-electron chi connectivity index (χ0n) is 12.8. The molecule has 120 valence electrons. The maximum absolute atomic E-state index is 12.5. The van der Waals surface area contributed by atoms with Crippen LogP contribution in [0.25, 0.3) is 0 Å². The van der Waals surface area contributed by atoms with Crippen molar-refractivity contribution in [3.8, 4) is 0 Å². The molecule has 1 aromatic heterocycles. The fraction of sp³-hybridized carbons (Fsp3) is 0.714. The molecule has 1 aromatic rings. The molecule has 1 aliphatic rings. The molecule has 0 radical (unpaired) electrons. The predicted molar refractivity (Wildman–Crippen MR) is 91.4 cm³/mol. The average molecular weight is 395 g/mol. The zero-order valence-corrected chi connectivity index (χ0v) is 16.0. The van der Waals surface area contributed by atoms with Gasteiger partial charge in [-0.2, -0.15) is 0 Å². The second kappa shape index (κ2) is 6.66. The van der Waals surface area contributed by atoms with Crippen LogP contribution in [0.2, 0.25) is 0 Å². The van der Waals surface area contributed by atoms with Crippen molar-refractivity contribution in [3.05, 3.63) is 15.4 Å². The third kappa shape index (κ3) is 3.88. The number of hydrogen-bond donors (Lipinski definition) is 1. The molecule has 0 saturated heterocycles. The summed E-state index contributed by atoms with van der Waals surface area (Å²) in [6.45, 7) is 2.39. The number of likely N-dealkylation sites (N-methyl/N-ethyl adjacent to an activating group) is 1. The van der Waals surface area contributed by atoms with Crippen LogP contribution in [-0.4, -0.2) is 39.5 Å². The Labute approximate surface area is 140 Å². The van der Waals surface area contributed by atoms with Crippen molar-refractivity contribution in [2.45, 2.75) is 48.8 Å². The second-order valence-corrected chi connectivity index (χ2v) is 10.4. The molecule has 0 unspecified atom stereocenters. The van der Waals surface area contributed by atoms with Crippen molar-refractivity contribution in [3.63, 3.8) is 0 Å². The van der Waals surface area contributed by atoms with E-state index in [1.807, 2.05) is 21.0 Å². The summed E-state index contributed by atoms with van der Waals surface area (Å²) < 4.78 is 29.0. The Morgan fingerprint density at radius 3 is 2.43 bits per heavy atom. The lowest BCUT2D eigenvalue weighted by Crippen LogP contribution is -2.53. The molecule has 0 atom stereocenters. The Morgan fingerprint density at radius 2 is 1.95 bits per heavy atom. The molecule has 1 aliphatic carbocycles. The smallest absolute Gasteiger partial charge is 0.250 e. The third-order valence-electron chi connectivity index (χ3n) is 4.42. The van der Waals surface area contributed by atoms with E-state index in [9.17, 15) is 8.42 Å². The third-order valence-corrected chi connectivity index (χ3v) is 8.44. The lowest BCUT2D eigenvalue weighted by atomic mass is 9.81. The van der Waals surface area contributed by atoms with Gasteiger partial charge in [-0.15, -0.1) is 11.3 Å². The number of nitrogens with zero attached hydrogens (tertiary/aromatic N) is 1. The molecule has 0 spiro atoms. The van der Waals surface area contributed by atoms with Crippen molar-refractivity contribution in [1.29, 1.82) is 0 Å². The van der Waals surface area contributed by atoms with E-state index in [1.165, 1.54) is 30.6 Å². The fourth-order valence-corrected chi connectivity index (χ4v) is 6.25. The van der Waals surface area contributed by atoms with Crippen molar-refractivity contribution >= 4 is 37.3 Å². The van der Waals surface area contributed by atoms with E-state index in [0.29, 0.717) is 10.8 Å². The molecule has 0 amide bonds. The lowest BCUT2D eigenvalue weighted by Gasteiger charge is -2.43. The lowest BCUT2D eigenvalue weighted by molar-refractivity contribution is 0.105. The summed E-state index contributed by atoms with van der Waals surface area (Å²) in [5.74, 6) is 0. The van der Waals surface area contributed by atoms with Crippen LogP contribution in [0.15, 0.2) is 14.1 Å². The number of nitrogens with one attached hydrogen (secondary N) is 1. The first-order valence-corrected chi connectivity index (χ1v) is 10.3. The summed E-state index contributed by atoms with van der Waals surface area (Å²) in [7, 11) is 0.673. The van der Waals surface area contributed by atoms with Gasteiger partial charge in [0.15, 0.2) is 0 Å². The number of sulfonamides is 1. The van der Waals surface area contributed by atoms with E-state index >= 15 is 0 Å². The van der Waals surface area contributed by atoms with E-state index in [-0.39, 0.29) is 5.54 Å². The Hall–Kier alpha value is 0.0500. The number of thiophene rings is 1. The van der Waals surface area contributed by atoms with Crippen LogP contribution in [0.1, 0.15) is 37.7 Å². The highest BCUT2D eigenvalue weighted by Crippen LogP contribution is 2.33. The molecular weight excluding hydrogens is 372 g/mol. The highest BCUT2D eigenvalue weighted by atomic mass is 79.9. The van der Waals surface area contributed by atoms with E-state index in [0.717, 1.165) is 22.2 Å². The van der Waals surface area contributed by atoms with E-state index in [4.69, 9.17) is 0 Å². The molecule has 1 heterocycles. The minimum Gasteiger partial charge on any atom is -0.302 e. The number of aryl methyl sites for hydroxylation is 1. The topological polar surface area (TPSA) is 49.4 Å². The molecule has 0 aliphatic heterocycles. The predicted octanol–water partition coefficient (Wildman–Crippen LogP) is 3.36. The van der Waals surface area contributed by atoms with Gasteiger partial charge in [0, 0.05) is 12.1 Å². The summed E-state index contributed by atoms with van der Waals surface area (Å²) in [5.41, 5.74) is 0.912. The monoisotopic (exact) mass is 394 g/mol. The molecule has 7 heteroatoms. The molecule has 0 aromatic carbocycles. The average Bonchev–Trinajstić information content (AvgIpc) is 2.78. The maximum atomic E-state index is 12.5. The quantitative estimate of drug-likeness (QED) is 0.832. The highest BCUT2D eigenvalue weighted by Gasteiger charge is 2.35. The van der Waals surface area contributed by atoms with E-state index in [1.54, 1.807) is 6.07 Å². The second-order valence-electron chi connectivity index (χ2n) is 6.03. The van der Waals surface area contributed by atoms with Crippen LogP contribution in [0.5, 0.6) is 0 Å². The minimum absolute atomic E-state index is 0.0468. The molecular formula is C14H23BrN2O2S2. The van der Waals surface area contributed by atoms with Gasteiger partial charge >= 0.3 is 0 Å². The zero-order chi connectivity index (χ0) is 15.7. The first-order chi connectivity index (χ1) is 9.77. The summed E-state index contributed by atoms with van der Waals surface area (Å²) in [4.78, 5) is 2.18. The van der Waals surface area contributed by atoms with Crippen molar-refractivity contribution in [2.24, 2.45) is 0 Å². The summed E-state index contributed by atoms with van der Waals surface area (Å²) >= 11 is 4.66. The Bertz CT molecular complexity index is 571. The molecule has 1 N–H and O–H groups in total. The van der Waals surface area contributed by atoms with Crippen LogP contribution < -0.4 is 4.72 Å². The summed E-state index contributed by atoms with van der Waals surface area (Å²) in [5, 5.41) is 0. The van der Waals surface area contributed by atoms with E-state index < -0.39 is 10.0 Å². The van der Waals surface area contributed by atoms with Gasteiger partial charge in [0.05, 0.1) is 3.79 Å². The van der Waals surface area contributed by atoms with Crippen LogP contribution in [-0.2, 0) is 10.0 Å². The van der Waals surface area contributed by atoms with E-state index in [2.05, 4.69) is 25.6 Å². The van der Waals surface area contributed by atoms with Crippen molar-refractivity contribution < 1.29 is 8.42 Å². The first kappa shape index (κ1) is 17.4. The van der Waals surface area contributed by atoms with Crippen LogP contribution in [0.4, 0.5) is 0 Å². The van der Waals surface area contributed by atoms with Gasteiger partial charge in [0.1, 0.15) is 4.21 Å². The van der Waals surface area contributed by atoms with Gasteiger partial charge in [0.2, 0.25) is 10.0 Å². The van der Waals surface area contributed by atoms with Gasteiger partial charge in [-0.3, -0.25) is 0 Å². The largest absolute Gasteiger partial charge is 0.302 e. The van der Waals surface area contributed by atoms with Gasteiger partial charge in [-0.25, -0.2) is 13.1 Å². The number of halogens is 1. The van der Waals surface area contributed by atoms with Crippen LogP contribution in [0, 0.1) is 6.92 Å². The SMILES string of the molecule is Cc1cc(S(=O)(=O)NCC2(N(C)C)CCCCC2)sc1Br. The number of rotatable bonds is 5. The molecule has 1 fully saturated rings. The molecule has 1 saturated carbocycles. The van der Waals surface area contributed by atoms with Crippen LogP contribution in [0.3, 0.4) is 0 Å². The standard InChI is InChI=1S/C14H23BrN2O2S2/c1-11-9-12(20-13(11)15)21(18,19)16-10-14(17(2)3)7-5-4-6-8-14/h9,16H,4-8,10H2,1-3H3. The van der Waals surface area contributed by atoms with Crippen molar-refractivity contribution in [1.82, 2.24) is 9.62 Å². The highest BCUT2D eigenvalue weighted by molar-refractivity contribution is 9.11. The van der Waals surface area contributed by atoms with Gasteiger partial charge < -0.3 is 4.90 Å². The summed E-state index contributed by atoms with van der Waals surface area (Å²) in [6.07, 6.45) is 5.69. The molecule has 21 heavy (non-hydrogen) atoms. The van der Waals surface area contributed by atoms with Crippen LogP contribution >= 0.6 is 27.3 Å². The molecule has 0 bridgehead atoms. The first-order valence-electron chi connectivity index (χ1n) is 7.20. The maximum Gasteiger partial charge on any atom is 0.250 e. The Balaban J connectivity index is 2.13. The fourth-order valence-electron chi connectivity index (χ4n) is 2.86. The Morgan fingerprint density at radius 1 is 1.33 bits per heavy atom. The normalized spacial score (nSPS) is 19.1. The Kier molecular flexibility index (Phi) is 5.52. The van der Waals surface area contributed by atoms with Gasteiger partial charge in [-0.05, 0) is 61.4 Å². The van der Waals surface area contributed by atoms with Gasteiger partial charge in [0.25, 0.3) is 0 Å². The number of hydrogen-bond acceptors (Lipinski definition) is 4. The minimum atomic E-state index is -3.42. The molecule has 4 nitrogen and oxygen atoms in total. The summed E-state index contributed by atoms with van der Waals surface area (Å²) in [6, 6.07) is 1.72. The molecule has 2 rings (SSSR count). The van der Waals surface area contributed by atoms with Crippen molar-refractivity contribution in [2.75, 3.05) is 20.6 Å². The van der Waals surface area contributed by atoms with Gasteiger partial charge in [-0.1, -0.05) is 19.3 Å².